The zero-order valence-corrected chi connectivity index (χ0v) is 15.3. The topological polar surface area (TPSA) is 62.6 Å². The van der Waals surface area contributed by atoms with E-state index in [1.807, 2.05) is 6.92 Å². The Morgan fingerprint density at radius 2 is 2.08 bits per heavy atom. The van der Waals surface area contributed by atoms with Crippen LogP contribution in [0.25, 0.3) is 0 Å². The third kappa shape index (κ3) is 3.85. The number of rotatable bonds is 6. The average molecular weight is 365 g/mol. The van der Waals surface area contributed by atoms with Crippen molar-refractivity contribution in [3.63, 3.8) is 0 Å². The Morgan fingerprint density at radius 3 is 2.83 bits per heavy atom. The van der Waals surface area contributed by atoms with Gasteiger partial charge in [0.25, 0.3) is 5.91 Å². The lowest BCUT2D eigenvalue weighted by atomic mass is 9.98. The van der Waals surface area contributed by atoms with Gasteiger partial charge in [-0.3, -0.25) is 9.59 Å². The number of carbonyl (C=O) groups is 2. The molecule has 2 aromatic heterocycles. The highest BCUT2D eigenvalue weighted by molar-refractivity contribution is 7.10. The predicted molar refractivity (Wildman–Crippen MR) is 96.6 cm³/mol. The van der Waals surface area contributed by atoms with Gasteiger partial charge in [0.15, 0.2) is 6.54 Å². The van der Waals surface area contributed by atoms with E-state index >= 15 is 0 Å². The number of quaternary nitrogens is 1. The summed E-state index contributed by atoms with van der Waals surface area (Å²) in [6, 6.07) is 6.62. The maximum absolute atomic E-state index is 12.3. The zero-order chi connectivity index (χ0) is 16.9. The molecule has 128 valence electrons. The summed E-state index contributed by atoms with van der Waals surface area (Å²) in [5, 5.41) is 9.65. The largest absolute Gasteiger partial charge is 0.355 e. The predicted octanol–water partition coefficient (Wildman–Crippen LogP) is 0.592. The molecule has 3 rings (SSSR count). The Balaban J connectivity index is 1.68. The van der Waals surface area contributed by atoms with Gasteiger partial charge in [-0.25, -0.2) is 0 Å². The number of hydrogen-bond acceptors (Lipinski definition) is 4. The molecule has 7 heteroatoms. The van der Waals surface area contributed by atoms with Crippen LogP contribution in [0.1, 0.15) is 28.3 Å². The second kappa shape index (κ2) is 7.92. The number of hydrogen-bond donors (Lipinski definition) is 3. The van der Waals surface area contributed by atoms with Crippen molar-refractivity contribution in [2.75, 3.05) is 26.2 Å². The highest BCUT2D eigenvalue weighted by atomic mass is 32.1. The molecule has 0 saturated heterocycles. The van der Waals surface area contributed by atoms with Crippen LogP contribution in [0, 0.1) is 0 Å². The molecule has 2 atom stereocenters. The summed E-state index contributed by atoms with van der Waals surface area (Å²) < 4.78 is 0. The fourth-order valence-corrected chi connectivity index (χ4v) is 4.98. The minimum Gasteiger partial charge on any atom is -0.355 e. The van der Waals surface area contributed by atoms with Gasteiger partial charge in [-0.05, 0) is 29.8 Å². The smallest absolute Gasteiger partial charge is 0.275 e. The summed E-state index contributed by atoms with van der Waals surface area (Å²) in [4.78, 5) is 27.7. The molecule has 0 aliphatic carbocycles. The van der Waals surface area contributed by atoms with Gasteiger partial charge in [0.1, 0.15) is 6.04 Å². The number of thiophene rings is 2. The average Bonchev–Trinajstić information content (AvgIpc) is 3.24. The summed E-state index contributed by atoms with van der Waals surface area (Å²) >= 11 is 3.54. The first-order valence-electron chi connectivity index (χ1n) is 8.16. The number of carbonyl (C=O) groups excluding carboxylic acids is 2. The lowest BCUT2D eigenvalue weighted by molar-refractivity contribution is -0.919. The van der Waals surface area contributed by atoms with E-state index in [4.69, 9.17) is 0 Å². The minimum absolute atomic E-state index is 0.0489. The van der Waals surface area contributed by atoms with Gasteiger partial charge in [-0.2, -0.15) is 0 Å². The summed E-state index contributed by atoms with van der Waals surface area (Å²) in [6.45, 7) is 3.81. The van der Waals surface area contributed by atoms with E-state index in [0.29, 0.717) is 13.1 Å². The van der Waals surface area contributed by atoms with Crippen LogP contribution in [0.4, 0.5) is 0 Å². The Morgan fingerprint density at radius 1 is 1.21 bits per heavy atom. The van der Waals surface area contributed by atoms with Crippen molar-refractivity contribution >= 4 is 34.5 Å². The van der Waals surface area contributed by atoms with E-state index in [1.165, 1.54) is 20.2 Å². The van der Waals surface area contributed by atoms with E-state index in [2.05, 4.69) is 39.6 Å². The van der Waals surface area contributed by atoms with Gasteiger partial charge in [0, 0.05) is 23.4 Å². The first-order valence-corrected chi connectivity index (χ1v) is 9.92. The van der Waals surface area contributed by atoms with Crippen molar-refractivity contribution in [3.8, 4) is 0 Å². The van der Waals surface area contributed by atoms with E-state index in [1.54, 1.807) is 22.7 Å². The maximum atomic E-state index is 12.3. The molecule has 2 aromatic rings. The summed E-state index contributed by atoms with van der Waals surface area (Å²) in [7, 11) is 0. The first kappa shape index (κ1) is 17.1. The maximum Gasteiger partial charge on any atom is 0.275 e. The lowest BCUT2D eigenvalue weighted by Gasteiger charge is -2.31. The molecule has 3 N–H and O–H groups in total. The van der Waals surface area contributed by atoms with Crippen molar-refractivity contribution in [2.24, 2.45) is 0 Å². The molecule has 1 aliphatic rings. The first-order chi connectivity index (χ1) is 11.7. The van der Waals surface area contributed by atoms with Gasteiger partial charge < -0.3 is 15.5 Å². The van der Waals surface area contributed by atoms with Crippen LogP contribution >= 0.6 is 22.7 Å². The van der Waals surface area contributed by atoms with E-state index in [9.17, 15) is 9.59 Å². The van der Waals surface area contributed by atoms with Crippen LogP contribution in [0.3, 0.4) is 0 Å². The Labute approximate surface area is 149 Å². The van der Waals surface area contributed by atoms with Crippen LogP contribution in [-0.4, -0.2) is 38.0 Å². The van der Waals surface area contributed by atoms with Crippen LogP contribution < -0.4 is 15.5 Å². The number of amides is 2. The Hall–Kier alpha value is -1.70. The molecule has 2 amide bonds. The van der Waals surface area contributed by atoms with Crippen molar-refractivity contribution in [1.29, 1.82) is 0 Å². The Bertz CT molecular complexity index is 697. The van der Waals surface area contributed by atoms with Gasteiger partial charge >= 0.3 is 0 Å². The molecule has 0 saturated carbocycles. The molecule has 0 bridgehead atoms. The van der Waals surface area contributed by atoms with Crippen molar-refractivity contribution in [1.82, 2.24) is 10.6 Å². The molecular weight excluding hydrogens is 342 g/mol. The van der Waals surface area contributed by atoms with E-state index < -0.39 is 0 Å². The highest BCUT2D eigenvalue weighted by Gasteiger charge is 2.35. The minimum atomic E-state index is -0.144. The second-order valence-electron chi connectivity index (χ2n) is 5.81. The summed E-state index contributed by atoms with van der Waals surface area (Å²) in [5.74, 6) is -0.217. The van der Waals surface area contributed by atoms with Gasteiger partial charge in [-0.1, -0.05) is 6.07 Å². The number of likely N-dealkylation sites (N-methyl/N-ethyl adjacent to an activating group) is 1. The normalized spacial score (nSPS) is 19.5. The molecule has 3 heterocycles. The van der Waals surface area contributed by atoms with Crippen molar-refractivity contribution in [2.45, 2.75) is 19.4 Å². The zero-order valence-electron chi connectivity index (χ0n) is 13.6. The third-order valence-electron chi connectivity index (χ3n) is 4.21. The molecule has 5 nitrogen and oxygen atoms in total. The molecular formula is C17H22N3O2S2+. The van der Waals surface area contributed by atoms with Crippen molar-refractivity contribution < 1.29 is 14.5 Å². The molecule has 0 fully saturated rings. The van der Waals surface area contributed by atoms with Crippen LogP contribution in [0.15, 0.2) is 29.0 Å². The van der Waals surface area contributed by atoms with Gasteiger partial charge in [0.05, 0.1) is 18.0 Å². The molecule has 0 radical (unpaired) electrons. The van der Waals surface area contributed by atoms with Crippen LogP contribution in [-0.2, 0) is 16.0 Å². The van der Waals surface area contributed by atoms with Crippen LogP contribution in [0.2, 0.25) is 0 Å². The van der Waals surface area contributed by atoms with Crippen LogP contribution in [0.5, 0.6) is 0 Å². The number of nitrogens with one attached hydrogen (secondary N) is 3. The van der Waals surface area contributed by atoms with E-state index in [-0.39, 0.29) is 24.4 Å². The second-order valence-corrected chi connectivity index (χ2v) is 7.79. The standard InChI is InChI=1S/C17H21N3O2S2/c1-2-18-15(21)10-19-16(22)11-20-7-5-13-12(6-9-24-13)17(20)14-4-3-8-23-14/h3-4,6,8-9,17H,2,5,7,10-11H2,1H3,(H,18,21)(H,19,22)/p+1/t17-/m1/s1. The monoisotopic (exact) mass is 364 g/mol. The van der Waals surface area contributed by atoms with Crippen molar-refractivity contribution in [3.05, 3.63) is 44.3 Å². The van der Waals surface area contributed by atoms with E-state index in [0.717, 1.165) is 13.0 Å². The summed E-state index contributed by atoms with van der Waals surface area (Å²) in [5.41, 5.74) is 1.35. The fourth-order valence-electron chi connectivity index (χ4n) is 3.16. The molecule has 1 aliphatic heterocycles. The highest BCUT2D eigenvalue weighted by Crippen LogP contribution is 2.31. The third-order valence-corrected chi connectivity index (χ3v) is 6.14. The summed E-state index contributed by atoms with van der Waals surface area (Å²) in [6.07, 6.45) is 1.01. The van der Waals surface area contributed by atoms with Gasteiger partial charge in [-0.15, -0.1) is 22.7 Å². The molecule has 0 aromatic carbocycles. The van der Waals surface area contributed by atoms with Gasteiger partial charge in [0.2, 0.25) is 5.91 Å². The molecule has 0 spiro atoms. The fraction of sp³-hybridized carbons (Fsp3) is 0.412. The Kier molecular flexibility index (Phi) is 5.65. The lowest BCUT2D eigenvalue weighted by Crippen LogP contribution is -3.14. The quantitative estimate of drug-likeness (QED) is 0.703. The molecule has 1 unspecified atom stereocenters. The number of fused-ring (bicyclic) bond motifs is 1. The SMILES string of the molecule is CCNC(=O)CNC(=O)C[NH+]1CCc2sccc2[C@@H]1c1cccs1. The molecule has 24 heavy (non-hydrogen) atoms.